The van der Waals surface area contributed by atoms with Gasteiger partial charge in [0.05, 0.1) is 22.6 Å². The summed E-state index contributed by atoms with van der Waals surface area (Å²) in [5, 5.41) is 0.913. The fourth-order valence-corrected chi connectivity index (χ4v) is 5.25. The van der Waals surface area contributed by atoms with Gasteiger partial charge in [0.1, 0.15) is 0 Å². The zero-order chi connectivity index (χ0) is 21.6. The molecule has 0 saturated carbocycles. The summed E-state index contributed by atoms with van der Waals surface area (Å²) in [4.78, 5) is 34.8. The summed E-state index contributed by atoms with van der Waals surface area (Å²) < 4.78 is 5.58. The van der Waals surface area contributed by atoms with Gasteiger partial charge < -0.3 is 14.5 Å². The molecule has 0 aliphatic carbocycles. The van der Waals surface area contributed by atoms with E-state index in [4.69, 9.17) is 4.74 Å². The number of piperidine rings is 2. The van der Waals surface area contributed by atoms with Gasteiger partial charge in [0.2, 0.25) is 5.91 Å². The molecule has 0 radical (unpaired) electrons. The number of nitrogens with zero attached hydrogens (tertiary/aromatic N) is 3. The highest BCUT2D eigenvalue weighted by Crippen LogP contribution is 2.41. The van der Waals surface area contributed by atoms with Gasteiger partial charge in [-0.1, -0.05) is 11.6 Å². The number of likely N-dealkylation sites (N-methyl/N-ethyl adjacent to an activating group) is 1. The molecular weight excluding hydrogens is 378 g/mol. The molecule has 1 spiro atoms. The van der Waals surface area contributed by atoms with Crippen molar-refractivity contribution in [3.63, 3.8) is 0 Å². The number of hydrogen-bond donors (Lipinski definition) is 0. The first-order valence-corrected chi connectivity index (χ1v) is 10.7. The van der Waals surface area contributed by atoms with E-state index in [-0.39, 0.29) is 17.9 Å². The predicted octanol–water partition coefficient (Wildman–Crippen LogP) is 3.26. The van der Waals surface area contributed by atoms with Crippen LogP contribution in [0.2, 0.25) is 0 Å². The Bertz CT molecular complexity index is 1010. The molecule has 2 aliphatic heterocycles. The Morgan fingerprint density at radius 2 is 1.87 bits per heavy atom. The van der Waals surface area contributed by atoms with Crippen LogP contribution in [0, 0.1) is 26.2 Å². The van der Waals surface area contributed by atoms with Crippen LogP contribution in [0.3, 0.4) is 0 Å². The molecule has 6 nitrogen and oxygen atoms in total. The van der Waals surface area contributed by atoms with Gasteiger partial charge in [-0.3, -0.25) is 14.6 Å². The molecule has 160 valence electrons. The number of aromatic nitrogens is 1. The predicted molar refractivity (Wildman–Crippen MR) is 117 cm³/mol. The van der Waals surface area contributed by atoms with Gasteiger partial charge in [-0.2, -0.15) is 0 Å². The quantitative estimate of drug-likeness (QED) is 0.764. The fraction of sp³-hybridized carbons (Fsp3) is 0.542. The van der Waals surface area contributed by atoms with E-state index in [1.54, 1.807) is 12.0 Å². The summed E-state index contributed by atoms with van der Waals surface area (Å²) in [6.07, 6.45) is 2.17. The number of pyridine rings is 1. The summed E-state index contributed by atoms with van der Waals surface area (Å²) in [5.74, 6) is 0.226. The van der Waals surface area contributed by atoms with E-state index in [9.17, 15) is 9.59 Å². The van der Waals surface area contributed by atoms with Crippen molar-refractivity contribution >= 4 is 22.7 Å². The summed E-state index contributed by atoms with van der Waals surface area (Å²) in [6.45, 7) is 7.83. The van der Waals surface area contributed by atoms with E-state index >= 15 is 0 Å². The van der Waals surface area contributed by atoms with E-state index in [1.165, 1.54) is 0 Å². The van der Waals surface area contributed by atoms with Gasteiger partial charge in [-0.05, 0) is 57.7 Å². The number of benzene rings is 1. The molecule has 1 aromatic heterocycles. The van der Waals surface area contributed by atoms with Crippen molar-refractivity contribution in [1.29, 1.82) is 0 Å². The maximum absolute atomic E-state index is 13.5. The third-order valence-corrected chi connectivity index (χ3v) is 6.84. The van der Waals surface area contributed by atoms with Crippen molar-refractivity contribution in [2.45, 2.75) is 46.1 Å². The van der Waals surface area contributed by atoms with Crippen LogP contribution >= 0.6 is 0 Å². The third kappa shape index (κ3) is 3.47. The molecule has 2 fully saturated rings. The van der Waals surface area contributed by atoms with Crippen molar-refractivity contribution < 1.29 is 14.3 Å². The fourth-order valence-electron chi connectivity index (χ4n) is 5.25. The Hall–Kier alpha value is -2.47. The lowest BCUT2D eigenvalue weighted by Gasteiger charge is -2.47. The number of likely N-dealkylation sites (tertiary alicyclic amines) is 2. The smallest absolute Gasteiger partial charge is 0.254 e. The van der Waals surface area contributed by atoms with Crippen LogP contribution < -0.4 is 0 Å². The van der Waals surface area contributed by atoms with Gasteiger partial charge in [0.25, 0.3) is 5.91 Å². The van der Waals surface area contributed by atoms with Gasteiger partial charge >= 0.3 is 0 Å². The lowest BCUT2D eigenvalue weighted by Crippen LogP contribution is -2.57. The van der Waals surface area contributed by atoms with Crippen LogP contribution in [0.5, 0.6) is 0 Å². The minimum absolute atomic E-state index is 0.0326. The van der Waals surface area contributed by atoms with Gasteiger partial charge in [-0.25, -0.2) is 0 Å². The first-order chi connectivity index (χ1) is 14.2. The standard InChI is InChI=1S/C24H31N3O3/c1-15-10-16(2)21-19(11-15)20(12-17(3)25-21)22(28)27-8-6-24(7-9-27)13-18(30-5)14-26(4)23(24)29/h10-12,18H,6-9,13-14H2,1-5H3. The highest BCUT2D eigenvalue weighted by atomic mass is 16.5. The Morgan fingerprint density at radius 1 is 1.17 bits per heavy atom. The lowest BCUT2D eigenvalue weighted by molar-refractivity contribution is -0.155. The molecule has 1 unspecified atom stereocenters. The number of carbonyl (C=O) groups is 2. The Balaban J connectivity index is 1.60. The number of fused-ring (bicyclic) bond motifs is 1. The summed E-state index contributed by atoms with van der Waals surface area (Å²) in [7, 11) is 3.56. The van der Waals surface area contributed by atoms with Crippen molar-refractivity contribution in [3.8, 4) is 0 Å². The lowest BCUT2D eigenvalue weighted by atomic mass is 9.71. The molecule has 4 rings (SSSR count). The molecule has 2 amide bonds. The summed E-state index contributed by atoms with van der Waals surface area (Å²) in [5.41, 5.74) is 4.25. The zero-order valence-electron chi connectivity index (χ0n) is 18.6. The molecule has 2 saturated heterocycles. The Kier molecular flexibility index (Phi) is 5.30. The molecule has 1 atom stereocenters. The number of aryl methyl sites for hydroxylation is 3. The van der Waals surface area contributed by atoms with E-state index in [1.807, 2.05) is 38.8 Å². The minimum Gasteiger partial charge on any atom is -0.380 e. The van der Waals surface area contributed by atoms with Crippen molar-refractivity contribution in [2.75, 3.05) is 33.8 Å². The maximum Gasteiger partial charge on any atom is 0.254 e. The summed E-state index contributed by atoms with van der Waals surface area (Å²) >= 11 is 0. The van der Waals surface area contributed by atoms with Crippen LogP contribution in [0.25, 0.3) is 10.9 Å². The summed E-state index contributed by atoms with van der Waals surface area (Å²) in [6, 6.07) is 6.05. The van der Waals surface area contributed by atoms with E-state index in [0.717, 1.165) is 34.1 Å². The monoisotopic (exact) mass is 409 g/mol. The maximum atomic E-state index is 13.5. The SMILES string of the molecule is COC1CN(C)C(=O)C2(CCN(C(=O)c3cc(C)nc4c(C)cc(C)cc34)CC2)C1. The molecule has 2 aliphatic rings. The number of hydrogen-bond acceptors (Lipinski definition) is 4. The second-order valence-electron chi connectivity index (χ2n) is 9.11. The Labute approximate surface area is 178 Å². The van der Waals surface area contributed by atoms with Gasteiger partial charge in [0, 0.05) is 44.9 Å². The van der Waals surface area contributed by atoms with E-state index in [2.05, 4.69) is 17.1 Å². The highest BCUT2D eigenvalue weighted by molar-refractivity contribution is 6.07. The zero-order valence-corrected chi connectivity index (χ0v) is 18.6. The molecule has 1 aromatic carbocycles. The largest absolute Gasteiger partial charge is 0.380 e. The minimum atomic E-state index is -0.409. The van der Waals surface area contributed by atoms with E-state index in [0.29, 0.717) is 38.0 Å². The molecule has 0 bridgehead atoms. The molecule has 30 heavy (non-hydrogen) atoms. The van der Waals surface area contributed by atoms with E-state index < -0.39 is 5.41 Å². The van der Waals surface area contributed by atoms with Gasteiger partial charge in [0.15, 0.2) is 0 Å². The van der Waals surface area contributed by atoms with Crippen LogP contribution in [0.1, 0.15) is 46.4 Å². The van der Waals surface area contributed by atoms with Crippen molar-refractivity contribution in [2.24, 2.45) is 5.41 Å². The highest BCUT2D eigenvalue weighted by Gasteiger charge is 2.48. The average molecular weight is 410 g/mol. The van der Waals surface area contributed by atoms with Crippen LogP contribution in [-0.2, 0) is 9.53 Å². The number of methoxy groups -OCH3 is 1. The van der Waals surface area contributed by atoms with Crippen LogP contribution in [-0.4, -0.2) is 66.5 Å². The molecule has 6 heteroatoms. The van der Waals surface area contributed by atoms with Crippen molar-refractivity contribution in [3.05, 3.63) is 40.6 Å². The molecule has 3 heterocycles. The van der Waals surface area contributed by atoms with Crippen molar-refractivity contribution in [1.82, 2.24) is 14.8 Å². The molecular formula is C24H31N3O3. The molecule has 0 N–H and O–H groups in total. The van der Waals surface area contributed by atoms with Crippen LogP contribution in [0.4, 0.5) is 0 Å². The Morgan fingerprint density at radius 3 is 2.53 bits per heavy atom. The first-order valence-electron chi connectivity index (χ1n) is 10.7. The second kappa shape index (κ2) is 7.65. The second-order valence-corrected chi connectivity index (χ2v) is 9.11. The molecule has 2 aromatic rings. The number of carbonyl (C=O) groups excluding carboxylic acids is 2. The first kappa shape index (κ1) is 20.8. The topological polar surface area (TPSA) is 62.7 Å². The van der Waals surface area contributed by atoms with Crippen LogP contribution in [0.15, 0.2) is 18.2 Å². The van der Waals surface area contributed by atoms with Gasteiger partial charge in [-0.15, -0.1) is 0 Å². The number of amides is 2. The number of ether oxygens (including phenoxy) is 1. The third-order valence-electron chi connectivity index (χ3n) is 6.84. The normalized spacial score (nSPS) is 21.5. The number of rotatable bonds is 2. The average Bonchev–Trinajstić information content (AvgIpc) is 2.72.